The van der Waals surface area contributed by atoms with Crippen molar-refractivity contribution in [3.8, 4) is 0 Å². The molecule has 2 rings (SSSR count). The number of guanidine groups is 1. The highest BCUT2D eigenvalue weighted by atomic mass is 127. The van der Waals surface area contributed by atoms with Crippen molar-refractivity contribution in [1.29, 1.82) is 0 Å². The minimum Gasteiger partial charge on any atom is -0.366 e. The minimum absolute atomic E-state index is 0. The molecule has 1 saturated carbocycles. The van der Waals surface area contributed by atoms with Crippen LogP contribution in [0.2, 0.25) is 0 Å². The Morgan fingerprint density at radius 1 is 1.16 bits per heavy atom. The number of primary amides is 1. The van der Waals surface area contributed by atoms with Gasteiger partial charge in [-0.2, -0.15) is 0 Å². The number of carbonyl (C=O) groups excluding carboxylic acids is 1. The molecule has 0 aromatic heterocycles. The van der Waals surface area contributed by atoms with Gasteiger partial charge in [0, 0.05) is 25.7 Å². The van der Waals surface area contributed by atoms with Crippen molar-refractivity contribution in [2.75, 3.05) is 13.6 Å². The second-order valence-electron chi connectivity index (χ2n) is 6.56. The maximum absolute atomic E-state index is 11.1. The molecule has 1 fully saturated rings. The Labute approximate surface area is 168 Å². The molecule has 0 atom stereocenters. The van der Waals surface area contributed by atoms with E-state index in [1.165, 1.54) is 44.9 Å². The molecule has 0 radical (unpaired) electrons. The van der Waals surface area contributed by atoms with E-state index >= 15 is 0 Å². The molecule has 0 unspecified atom stereocenters. The fourth-order valence-corrected chi connectivity index (χ4v) is 3.27. The van der Waals surface area contributed by atoms with Gasteiger partial charge in [0.2, 0.25) is 5.91 Å². The van der Waals surface area contributed by atoms with E-state index in [0.717, 1.165) is 24.0 Å². The first-order valence-electron chi connectivity index (χ1n) is 9.02. The molecule has 140 valence electrons. The molecule has 6 heteroatoms. The molecule has 1 aliphatic rings. The Kier molecular flexibility index (Phi) is 10.5. The van der Waals surface area contributed by atoms with Crippen molar-refractivity contribution in [3.05, 3.63) is 35.4 Å². The molecule has 0 heterocycles. The first-order chi connectivity index (χ1) is 11.7. The van der Waals surface area contributed by atoms with Gasteiger partial charge in [0.05, 0.1) is 0 Å². The van der Waals surface area contributed by atoms with Gasteiger partial charge >= 0.3 is 0 Å². The second-order valence-corrected chi connectivity index (χ2v) is 6.56. The van der Waals surface area contributed by atoms with Crippen LogP contribution in [-0.4, -0.2) is 25.5 Å². The average Bonchev–Trinajstić information content (AvgIpc) is 2.62. The van der Waals surface area contributed by atoms with Crippen molar-refractivity contribution in [2.24, 2.45) is 16.6 Å². The molecular formula is C19H31IN4O. The number of hydrogen-bond acceptors (Lipinski definition) is 2. The van der Waals surface area contributed by atoms with Crippen LogP contribution < -0.4 is 16.4 Å². The summed E-state index contributed by atoms with van der Waals surface area (Å²) < 4.78 is 0. The molecule has 0 saturated heterocycles. The lowest BCUT2D eigenvalue weighted by molar-refractivity contribution is 0.100. The summed E-state index contributed by atoms with van der Waals surface area (Å²) in [7, 11) is 1.78. The SMILES string of the molecule is CN=C(NCCCC1CCCCC1)NCc1ccc(C(N)=O)cc1.I. The van der Waals surface area contributed by atoms with Crippen molar-refractivity contribution in [3.63, 3.8) is 0 Å². The lowest BCUT2D eigenvalue weighted by Gasteiger charge is -2.21. The number of nitrogens with zero attached hydrogens (tertiary/aromatic N) is 1. The summed E-state index contributed by atoms with van der Waals surface area (Å²) in [6.45, 7) is 1.62. The predicted molar refractivity (Wildman–Crippen MR) is 114 cm³/mol. The molecule has 0 bridgehead atoms. The number of nitrogens with two attached hydrogens (primary N) is 1. The van der Waals surface area contributed by atoms with Crippen molar-refractivity contribution >= 4 is 35.8 Å². The smallest absolute Gasteiger partial charge is 0.248 e. The second kappa shape index (κ2) is 12.1. The number of benzene rings is 1. The Morgan fingerprint density at radius 3 is 2.44 bits per heavy atom. The zero-order valence-corrected chi connectivity index (χ0v) is 17.4. The van der Waals surface area contributed by atoms with Crippen LogP contribution in [0.4, 0.5) is 0 Å². The number of amides is 1. The van der Waals surface area contributed by atoms with E-state index in [1.54, 1.807) is 19.2 Å². The Hall–Kier alpha value is -1.31. The van der Waals surface area contributed by atoms with Gasteiger partial charge in [0.1, 0.15) is 0 Å². The van der Waals surface area contributed by atoms with Crippen LogP contribution >= 0.6 is 24.0 Å². The summed E-state index contributed by atoms with van der Waals surface area (Å²) in [6, 6.07) is 7.31. The lowest BCUT2D eigenvalue weighted by atomic mass is 9.86. The van der Waals surface area contributed by atoms with Gasteiger partial charge in [-0.15, -0.1) is 24.0 Å². The molecule has 1 aliphatic carbocycles. The van der Waals surface area contributed by atoms with Gasteiger partial charge in [-0.25, -0.2) is 0 Å². The maximum atomic E-state index is 11.1. The van der Waals surface area contributed by atoms with E-state index in [1.807, 2.05) is 12.1 Å². The highest BCUT2D eigenvalue weighted by Crippen LogP contribution is 2.26. The largest absolute Gasteiger partial charge is 0.366 e. The monoisotopic (exact) mass is 458 g/mol. The van der Waals surface area contributed by atoms with Crippen molar-refractivity contribution in [1.82, 2.24) is 10.6 Å². The molecular weight excluding hydrogens is 427 g/mol. The van der Waals surface area contributed by atoms with Crippen molar-refractivity contribution in [2.45, 2.75) is 51.5 Å². The van der Waals surface area contributed by atoms with Gasteiger partial charge < -0.3 is 16.4 Å². The topological polar surface area (TPSA) is 79.5 Å². The zero-order valence-electron chi connectivity index (χ0n) is 15.1. The third-order valence-electron chi connectivity index (χ3n) is 4.73. The number of nitrogens with one attached hydrogen (secondary N) is 2. The summed E-state index contributed by atoms with van der Waals surface area (Å²) >= 11 is 0. The van der Waals surface area contributed by atoms with Crippen LogP contribution in [0, 0.1) is 5.92 Å². The van der Waals surface area contributed by atoms with E-state index < -0.39 is 5.91 Å². The fourth-order valence-electron chi connectivity index (χ4n) is 3.27. The molecule has 1 aromatic rings. The van der Waals surface area contributed by atoms with Crippen LogP contribution in [0.5, 0.6) is 0 Å². The highest BCUT2D eigenvalue weighted by molar-refractivity contribution is 14.0. The number of rotatable bonds is 7. The first kappa shape index (κ1) is 21.7. The number of halogens is 1. The summed E-state index contributed by atoms with van der Waals surface area (Å²) in [5, 5.41) is 6.67. The van der Waals surface area contributed by atoms with Crippen LogP contribution in [0.15, 0.2) is 29.3 Å². The van der Waals surface area contributed by atoms with E-state index in [-0.39, 0.29) is 24.0 Å². The summed E-state index contributed by atoms with van der Waals surface area (Å²) in [5.41, 5.74) is 6.87. The van der Waals surface area contributed by atoms with Gasteiger partial charge in [-0.3, -0.25) is 9.79 Å². The number of carbonyl (C=O) groups is 1. The standard InChI is InChI=1S/C19H30N4O.HI/c1-21-19(22-13-5-8-15-6-3-2-4-7-15)23-14-16-9-11-17(12-10-16)18(20)24;/h9-12,15H,2-8,13-14H2,1H3,(H2,20,24)(H2,21,22,23);1H. The fraction of sp³-hybridized carbons (Fsp3) is 0.579. The molecule has 0 aliphatic heterocycles. The Balaban J connectivity index is 0.00000312. The van der Waals surface area contributed by atoms with Gasteiger partial charge in [-0.05, 0) is 36.5 Å². The van der Waals surface area contributed by atoms with Crippen LogP contribution in [0.25, 0.3) is 0 Å². The van der Waals surface area contributed by atoms with Gasteiger partial charge in [0.15, 0.2) is 5.96 Å². The van der Waals surface area contributed by atoms with E-state index in [2.05, 4.69) is 15.6 Å². The summed E-state index contributed by atoms with van der Waals surface area (Å²) in [6.07, 6.45) is 9.58. The van der Waals surface area contributed by atoms with Crippen LogP contribution in [-0.2, 0) is 6.54 Å². The molecule has 25 heavy (non-hydrogen) atoms. The molecule has 4 N–H and O–H groups in total. The third kappa shape index (κ3) is 8.07. The molecule has 1 aromatic carbocycles. The number of aliphatic imine (C=N–C) groups is 1. The maximum Gasteiger partial charge on any atom is 0.248 e. The average molecular weight is 458 g/mol. The zero-order chi connectivity index (χ0) is 17.2. The summed E-state index contributed by atoms with van der Waals surface area (Å²) in [4.78, 5) is 15.3. The Morgan fingerprint density at radius 2 is 1.84 bits per heavy atom. The normalized spacial score (nSPS) is 15.3. The lowest BCUT2D eigenvalue weighted by Crippen LogP contribution is -2.37. The van der Waals surface area contributed by atoms with E-state index in [4.69, 9.17) is 5.73 Å². The Bertz CT molecular complexity index is 539. The summed E-state index contributed by atoms with van der Waals surface area (Å²) in [5.74, 6) is 1.35. The highest BCUT2D eigenvalue weighted by Gasteiger charge is 2.12. The van der Waals surface area contributed by atoms with Gasteiger partial charge in [0.25, 0.3) is 0 Å². The van der Waals surface area contributed by atoms with Gasteiger partial charge in [-0.1, -0.05) is 44.2 Å². The van der Waals surface area contributed by atoms with Crippen LogP contribution in [0.3, 0.4) is 0 Å². The predicted octanol–water partition coefficient (Wildman–Crippen LogP) is 3.43. The molecule has 5 nitrogen and oxygen atoms in total. The molecule has 1 amide bonds. The third-order valence-corrected chi connectivity index (χ3v) is 4.73. The first-order valence-corrected chi connectivity index (χ1v) is 9.02. The van der Waals surface area contributed by atoms with E-state index in [0.29, 0.717) is 12.1 Å². The van der Waals surface area contributed by atoms with E-state index in [9.17, 15) is 4.79 Å². The molecule has 0 spiro atoms. The minimum atomic E-state index is -0.398. The quantitative estimate of drug-likeness (QED) is 0.254. The van der Waals surface area contributed by atoms with Crippen LogP contribution in [0.1, 0.15) is 60.9 Å². The number of hydrogen-bond donors (Lipinski definition) is 3. The van der Waals surface area contributed by atoms with Crippen molar-refractivity contribution < 1.29 is 4.79 Å².